The van der Waals surface area contributed by atoms with Gasteiger partial charge in [0, 0.05) is 10.8 Å². The molecule has 0 atom stereocenters. The first-order valence-corrected chi connectivity index (χ1v) is 10.2. The Hall–Kier alpha value is -3.66. The molecule has 0 N–H and O–H groups in total. The summed E-state index contributed by atoms with van der Waals surface area (Å²) in [6.45, 7) is 4.53. The van der Waals surface area contributed by atoms with Gasteiger partial charge in [-0.3, -0.25) is 0 Å². The number of ether oxygens (including phenoxy) is 2. The zero-order valence-corrected chi connectivity index (χ0v) is 18.0. The smallest absolute Gasteiger partial charge is 0.338 e. The summed E-state index contributed by atoms with van der Waals surface area (Å²) in [5.41, 5.74) is 3.87. The van der Waals surface area contributed by atoms with E-state index in [1.165, 1.54) is 7.11 Å². The highest BCUT2D eigenvalue weighted by Gasteiger charge is 2.29. The van der Waals surface area contributed by atoms with Gasteiger partial charge in [-0.25, -0.2) is 9.78 Å². The maximum atomic E-state index is 12.5. The Morgan fingerprint density at radius 1 is 0.903 bits per heavy atom. The first kappa shape index (κ1) is 20.6. The molecular weight excluding hydrogens is 386 g/mol. The highest BCUT2D eigenvalue weighted by molar-refractivity contribution is 5.92. The Bertz CT molecular complexity index is 1220. The second-order valence-corrected chi connectivity index (χ2v) is 7.97. The van der Waals surface area contributed by atoms with E-state index in [1.807, 2.05) is 60.7 Å². The lowest BCUT2D eigenvalue weighted by Crippen LogP contribution is -2.23. The fraction of sp³-hybridized carbons (Fsp3) is 0.185. The molecule has 1 heterocycles. The van der Waals surface area contributed by atoms with Crippen molar-refractivity contribution in [2.45, 2.75) is 25.9 Å². The molecule has 4 aromatic rings. The molecule has 0 bridgehead atoms. The van der Waals surface area contributed by atoms with Crippen molar-refractivity contribution in [2.24, 2.45) is 0 Å². The van der Waals surface area contributed by atoms with Gasteiger partial charge >= 0.3 is 5.97 Å². The first-order chi connectivity index (χ1) is 15.0. The number of esters is 1. The molecule has 0 spiro atoms. The summed E-state index contributed by atoms with van der Waals surface area (Å²) >= 11 is 0. The molecule has 31 heavy (non-hydrogen) atoms. The topological polar surface area (TPSA) is 48.4 Å². The van der Waals surface area contributed by atoms with E-state index in [4.69, 9.17) is 9.47 Å². The molecule has 156 valence electrons. The second-order valence-electron chi connectivity index (χ2n) is 7.97. The molecular formula is C27H25NO3. The van der Waals surface area contributed by atoms with Crippen molar-refractivity contribution in [3.05, 3.63) is 107 Å². The van der Waals surface area contributed by atoms with Crippen LogP contribution >= 0.6 is 0 Å². The van der Waals surface area contributed by atoms with Gasteiger partial charge in [-0.2, -0.15) is 0 Å². The lowest BCUT2D eigenvalue weighted by molar-refractivity contribution is 0.0598. The SMILES string of the molecule is COC(=O)c1ccc(OCc2ccc3ccccc3n2)cc1C(C)(C)c1ccccc1. The number of aromatic nitrogens is 1. The van der Waals surface area contributed by atoms with E-state index in [0.717, 1.165) is 27.7 Å². The van der Waals surface area contributed by atoms with Gasteiger partial charge in [0.1, 0.15) is 12.4 Å². The summed E-state index contributed by atoms with van der Waals surface area (Å²) in [7, 11) is 1.40. The Labute approximate surface area is 182 Å². The number of methoxy groups -OCH3 is 1. The Balaban J connectivity index is 1.65. The van der Waals surface area contributed by atoms with Crippen molar-refractivity contribution in [1.82, 2.24) is 4.98 Å². The number of carbonyl (C=O) groups is 1. The largest absolute Gasteiger partial charge is 0.487 e. The molecule has 0 aliphatic rings. The van der Waals surface area contributed by atoms with E-state index in [9.17, 15) is 4.79 Å². The maximum absolute atomic E-state index is 12.5. The molecule has 0 aliphatic heterocycles. The standard InChI is InChI=1S/C27H25NO3/c1-27(2,20-10-5-4-6-11-20)24-17-22(15-16-23(24)26(29)30-3)31-18-21-14-13-19-9-7-8-12-25(19)28-21/h4-17H,18H2,1-3H3. The van der Waals surface area contributed by atoms with Crippen LogP contribution in [0.4, 0.5) is 0 Å². The molecule has 3 aromatic carbocycles. The minimum absolute atomic E-state index is 0.341. The summed E-state index contributed by atoms with van der Waals surface area (Å²) in [4.78, 5) is 17.1. The van der Waals surface area contributed by atoms with Crippen molar-refractivity contribution < 1.29 is 14.3 Å². The van der Waals surface area contributed by atoms with Gasteiger partial charge in [-0.1, -0.05) is 68.4 Å². The Morgan fingerprint density at radius 3 is 2.42 bits per heavy atom. The first-order valence-electron chi connectivity index (χ1n) is 10.2. The van der Waals surface area contributed by atoms with Crippen molar-refractivity contribution in [2.75, 3.05) is 7.11 Å². The number of nitrogens with zero attached hydrogens (tertiary/aromatic N) is 1. The van der Waals surface area contributed by atoms with Crippen LogP contribution in [0.15, 0.2) is 84.9 Å². The van der Waals surface area contributed by atoms with E-state index >= 15 is 0 Å². The average molecular weight is 412 g/mol. The van der Waals surface area contributed by atoms with E-state index < -0.39 is 5.41 Å². The molecule has 0 saturated carbocycles. The highest BCUT2D eigenvalue weighted by atomic mass is 16.5. The summed E-state index contributed by atoms with van der Waals surface area (Å²) in [5, 5.41) is 1.10. The number of pyridine rings is 1. The maximum Gasteiger partial charge on any atom is 0.338 e. The minimum atomic E-state index is -0.411. The van der Waals surface area contributed by atoms with E-state index in [-0.39, 0.29) is 5.97 Å². The van der Waals surface area contributed by atoms with Crippen molar-refractivity contribution >= 4 is 16.9 Å². The third kappa shape index (κ3) is 4.29. The second kappa shape index (κ2) is 8.60. The zero-order valence-electron chi connectivity index (χ0n) is 18.0. The van der Waals surface area contributed by atoms with Gasteiger partial charge in [0.2, 0.25) is 0 Å². The molecule has 0 fully saturated rings. The number of fused-ring (bicyclic) bond motifs is 1. The van der Waals surface area contributed by atoms with Crippen LogP contribution in [-0.2, 0) is 16.8 Å². The van der Waals surface area contributed by atoms with Crippen molar-refractivity contribution in [3.8, 4) is 5.75 Å². The number of rotatable bonds is 6. The predicted octanol–water partition coefficient (Wildman–Crippen LogP) is 5.93. The van der Waals surface area contributed by atoms with Crippen LogP contribution in [0, 0.1) is 0 Å². The third-order valence-electron chi connectivity index (χ3n) is 5.61. The highest BCUT2D eigenvalue weighted by Crippen LogP contribution is 2.36. The lowest BCUT2D eigenvalue weighted by Gasteiger charge is -2.28. The van der Waals surface area contributed by atoms with Crippen LogP contribution in [0.5, 0.6) is 5.75 Å². The van der Waals surface area contributed by atoms with Gasteiger partial charge in [0.05, 0.1) is 23.9 Å². The molecule has 4 nitrogen and oxygen atoms in total. The lowest BCUT2D eigenvalue weighted by atomic mass is 9.76. The number of benzene rings is 3. The van der Waals surface area contributed by atoms with Crippen molar-refractivity contribution in [1.29, 1.82) is 0 Å². The average Bonchev–Trinajstić information content (AvgIpc) is 2.82. The number of hydrogen-bond donors (Lipinski definition) is 0. The molecule has 0 radical (unpaired) electrons. The predicted molar refractivity (Wildman–Crippen MR) is 122 cm³/mol. The number of para-hydroxylation sites is 1. The van der Waals surface area contributed by atoms with Gasteiger partial charge in [-0.05, 0) is 41.5 Å². The summed E-state index contributed by atoms with van der Waals surface area (Å²) in [6, 6.07) is 27.6. The van der Waals surface area contributed by atoms with Gasteiger partial charge in [0.25, 0.3) is 0 Å². The molecule has 0 unspecified atom stereocenters. The summed E-state index contributed by atoms with van der Waals surface area (Å²) in [6.07, 6.45) is 0. The molecule has 4 heteroatoms. The normalized spacial score (nSPS) is 11.3. The number of carbonyl (C=O) groups excluding carboxylic acids is 1. The molecule has 4 rings (SSSR count). The van der Waals surface area contributed by atoms with E-state index in [1.54, 1.807) is 12.1 Å². The van der Waals surface area contributed by atoms with Crippen LogP contribution in [0.1, 0.15) is 41.0 Å². The summed E-state index contributed by atoms with van der Waals surface area (Å²) < 4.78 is 11.1. The Kier molecular flexibility index (Phi) is 5.72. The monoisotopic (exact) mass is 411 g/mol. The van der Waals surface area contributed by atoms with Crippen LogP contribution < -0.4 is 4.74 Å². The number of hydrogen-bond acceptors (Lipinski definition) is 4. The van der Waals surface area contributed by atoms with Crippen molar-refractivity contribution in [3.63, 3.8) is 0 Å². The van der Waals surface area contributed by atoms with Gasteiger partial charge in [0.15, 0.2) is 0 Å². The fourth-order valence-corrected chi connectivity index (χ4v) is 3.77. The Morgan fingerprint density at radius 2 is 1.65 bits per heavy atom. The zero-order chi connectivity index (χ0) is 21.8. The quantitative estimate of drug-likeness (QED) is 0.369. The van der Waals surface area contributed by atoms with Crippen LogP contribution in [-0.4, -0.2) is 18.1 Å². The van der Waals surface area contributed by atoms with E-state index in [0.29, 0.717) is 17.9 Å². The molecule has 0 saturated heterocycles. The van der Waals surface area contributed by atoms with Crippen LogP contribution in [0.2, 0.25) is 0 Å². The third-order valence-corrected chi connectivity index (χ3v) is 5.61. The fourth-order valence-electron chi connectivity index (χ4n) is 3.77. The minimum Gasteiger partial charge on any atom is -0.487 e. The van der Waals surface area contributed by atoms with Crippen LogP contribution in [0.25, 0.3) is 10.9 Å². The van der Waals surface area contributed by atoms with Gasteiger partial charge in [-0.15, -0.1) is 0 Å². The van der Waals surface area contributed by atoms with E-state index in [2.05, 4.69) is 31.0 Å². The van der Waals surface area contributed by atoms with Crippen LogP contribution in [0.3, 0.4) is 0 Å². The van der Waals surface area contributed by atoms with Gasteiger partial charge < -0.3 is 9.47 Å². The summed E-state index contributed by atoms with van der Waals surface area (Å²) in [5.74, 6) is 0.323. The molecule has 0 amide bonds. The molecule has 1 aromatic heterocycles. The molecule has 0 aliphatic carbocycles.